The summed E-state index contributed by atoms with van der Waals surface area (Å²) in [4.78, 5) is 16.3. The average Bonchev–Trinajstić information content (AvgIpc) is 2.69. The summed E-state index contributed by atoms with van der Waals surface area (Å²) in [5, 5.41) is 7.93. The van der Waals surface area contributed by atoms with E-state index in [4.69, 9.17) is 19.8 Å². The highest BCUT2D eigenvalue weighted by Gasteiger charge is 2.25. The van der Waals surface area contributed by atoms with Gasteiger partial charge in [-0.2, -0.15) is 0 Å². The maximum atomic E-state index is 7.00. The van der Waals surface area contributed by atoms with Gasteiger partial charge in [0.15, 0.2) is 0 Å². The van der Waals surface area contributed by atoms with Crippen LogP contribution in [0.5, 0.6) is 5.88 Å². The monoisotopic (exact) mass is 318 g/mol. The molecule has 3 heterocycles. The van der Waals surface area contributed by atoms with E-state index in [9.17, 15) is 0 Å². The van der Waals surface area contributed by atoms with Crippen LogP contribution in [0.15, 0.2) is 6.07 Å². The van der Waals surface area contributed by atoms with Crippen molar-refractivity contribution < 1.29 is 9.84 Å². The molecular weight excluding hydrogens is 292 g/mol. The second-order valence-electron chi connectivity index (χ2n) is 6.00. The van der Waals surface area contributed by atoms with Crippen molar-refractivity contribution in [1.29, 1.82) is 0 Å². The summed E-state index contributed by atoms with van der Waals surface area (Å²) < 4.78 is 5.91. The number of anilines is 1. The number of aliphatic hydroxyl groups is 1. The highest BCUT2D eigenvalue weighted by atomic mass is 16.5. The van der Waals surface area contributed by atoms with E-state index in [0.717, 1.165) is 41.8 Å². The van der Waals surface area contributed by atoms with E-state index >= 15 is 0 Å². The van der Waals surface area contributed by atoms with Gasteiger partial charge in [0.1, 0.15) is 23.6 Å². The first-order valence-electron chi connectivity index (χ1n) is 8.03. The number of ether oxygens (including phenoxy) is 1. The molecule has 0 fully saturated rings. The van der Waals surface area contributed by atoms with Gasteiger partial charge in [0.25, 0.3) is 0 Å². The summed E-state index contributed by atoms with van der Waals surface area (Å²) in [6.07, 6.45) is 0.869. The van der Waals surface area contributed by atoms with Crippen molar-refractivity contribution in [3.8, 4) is 5.88 Å². The Morgan fingerprint density at radius 2 is 2.00 bits per heavy atom. The Bertz CT molecular complexity index is 688. The van der Waals surface area contributed by atoms with Crippen LogP contribution in [0, 0.1) is 0 Å². The number of likely N-dealkylation sites (N-methyl/N-ethyl adjacent to an activating group) is 1. The predicted octanol–water partition coefficient (Wildman–Crippen LogP) is 2.54. The van der Waals surface area contributed by atoms with Crippen LogP contribution in [0.25, 0.3) is 10.9 Å². The summed E-state index contributed by atoms with van der Waals surface area (Å²) in [5.74, 6) is 2.77. The summed E-state index contributed by atoms with van der Waals surface area (Å²) >= 11 is 0. The van der Waals surface area contributed by atoms with Crippen LogP contribution in [-0.2, 0) is 6.42 Å². The van der Waals surface area contributed by atoms with Crippen LogP contribution in [0.1, 0.15) is 45.1 Å². The molecular formula is C17H26N4O2. The van der Waals surface area contributed by atoms with Gasteiger partial charge in [0.05, 0.1) is 11.6 Å². The van der Waals surface area contributed by atoms with E-state index in [2.05, 4.69) is 50.7 Å². The first-order valence-corrected chi connectivity index (χ1v) is 8.03. The minimum absolute atomic E-state index is 0.252. The zero-order chi connectivity index (χ0) is 17.1. The van der Waals surface area contributed by atoms with Gasteiger partial charge in [-0.3, -0.25) is 0 Å². The van der Waals surface area contributed by atoms with Crippen LogP contribution >= 0.6 is 0 Å². The first-order chi connectivity index (χ1) is 11.0. The van der Waals surface area contributed by atoms with Crippen molar-refractivity contribution in [1.82, 2.24) is 15.0 Å². The number of aromatic nitrogens is 3. The topological polar surface area (TPSA) is 71.4 Å². The molecule has 126 valence electrons. The van der Waals surface area contributed by atoms with Gasteiger partial charge in [-0.05, 0) is 19.4 Å². The molecule has 0 amide bonds. The van der Waals surface area contributed by atoms with Gasteiger partial charge in [0, 0.05) is 25.8 Å². The minimum Gasteiger partial charge on any atom is -0.475 e. The van der Waals surface area contributed by atoms with Gasteiger partial charge in [0.2, 0.25) is 5.88 Å². The molecule has 1 aliphatic heterocycles. The number of nitrogens with zero attached hydrogens (tertiary/aromatic N) is 4. The van der Waals surface area contributed by atoms with Gasteiger partial charge in [-0.25, -0.2) is 15.0 Å². The standard InChI is InChI=1S/C16H22N4O.CH4O/c1-6-11-7-12-13-15(19-14(18-12)9(2)3)20(5)10(4)8-21-16(13)17-11;1-2/h7,9-10H,6,8H2,1-5H3;2H,1H3. The van der Waals surface area contributed by atoms with Crippen LogP contribution in [-0.4, -0.2) is 46.9 Å². The molecule has 2 aromatic heterocycles. The van der Waals surface area contributed by atoms with Gasteiger partial charge in [-0.15, -0.1) is 0 Å². The number of aliphatic hydroxyl groups excluding tert-OH is 1. The third-order valence-electron chi connectivity index (χ3n) is 4.03. The van der Waals surface area contributed by atoms with Crippen LogP contribution < -0.4 is 9.64 Å². The molecule has 0 saturated heterocycles. The maximum absolute atomic E-state index is 7.00. The molecule has 1 aliphatic rings. The molecule has 1 atom stereocenters. The zero-order valence-corrected chi connectivity index (χ0v) is 14.8. The fourth-order valence-electron chi connectivity index (χ4n) is 2.49. The summed E-state index contributed by atoms with van der Waals surface area (Å²) in [7, 11) is 3.06. The smallest absolute Gasteiger partial charge is 0.227 e. The SMILES string of the molecule is CCc1cc2nc(C(C)C)nc3c2c(n1)OCC(C)N3C.CO. The van der Waals surface area contributed by atoms with Crippen LogP contribution in [0.3, 0.4) is 0 Å². The van der Waals surface area contributed by atoms with E-state index in [-0.39, 0.29) is 6.04 Å². The second kappa shape index (κ2) is 7.08. The molecule has 0 radical (unpaired) electrons. The molecule has 6 heteroatoms. The van der Waals surface area contributed by atoms with E-state index in [0.29, 0.717) is 18.4 Å². The molecule has 0 aromatic carbocycles. The lowest BCUT2D eigenvalue weighted by Gasteiger charge is -2.24. The van der Waals surface area contributed by atoms with Crippen molar-refractivity contribution in [3.63, 3.8) is 0 Å². The number of pyridine rings is 1. The molecule has 2 aromatic rings. The molecule has 6 nitrogen and oxygen atoms in total. The lowest BCUT2D eigenvalue weighted by molar-refractivity contribution is 0.289. The van der Waals surface area contributed by atoms with Crippen molar-refractivity contribution in [2.45, 2.75) is 46.1 Å². The van der Waals surface area contributed by atoms with Gasteiger partial charge in [-0.1, -0.05) is 20.8 Å². The summed E-state index contributed by atoms with van der Waals surface area (Å²) in [6.45, 7) is 9.08. The number of rotatable bonds is 2. The Hall–Kier alpha value is -1.95. The summed E-state index contributed by atoms with van der Waals surface area (Å²) in [6, 6.07) is 2.31. The quantitative estimate of drug-likeness (QED) is 0.917. The Morgan fingerprint density at radius 1 is 1.30 bits per heavy atom. The minimum atomic E-state index is 0.252. The third-order valence-corrected chi connectivity index (χ3v) is 4.03. The number of hydrogen-bond donors (Lipinski definition) is 1. The first kappa shape index (κ1) is 17.4. The molecule has 0 aliphatic carbocycles. The highest BCUT2D eigenvalue weighted by Crippen LogP contribution is 2.35. The molecule has 3 rings (SSSR count). The predicted molar refractivity (Wildman–Crippen MR) is 92.3 cm³/mol. The van der Waals surface area contributed by atoms with E-state index in [1.165, 1.54) is 0 Å². The molecule has 1 unspecified atom stereocenters. The Morgan fingerprint density at radius 3 is 2.61 bits per heavy atom. The molecule has 1 N–H and O–H groups in total. The molecule has 0 spiro atoms. The van der Waals surface area contributed by atoms with E-state index < -0.39 is 0 Å². The molecule has 0 bridgehead atoms. The fourth-order valence-corrected chi connectivity index (χ4v) is 2.49. The highest BCUT2D eigenvalue weighted by molar-refractivity contribution is 5.94. The molecule has 23 heavy (non-hydrogen) atoms. The number of aryl methyl sites for hydroxylation is 1. The normalized spacial score (nSPS) is 16.7. The third kappa shape index (κ3) is 3.22. The van der Waals surface area contributed by atoms with E-state index in [1.54, 1.807) is 0 Å². The van der Waals surface area contributed by atoms with Gasteiger partial charge < -0.3 is 14.7 Å². The Kier molecular flexibility index (Phi) is 5.36. The Balaban J connectivity index is 0.000000924. The zero-order valence-electron chi connectivity index (χ0n) is 14.8. The lowest BCUT2D eigenvalue weighted by Crippen LogP contribution is -2.33. The summed E-state index contributed by atoms with van der Waals surface area (Å²) in [5.41, 5.74) is 1.94. The molecule has 0 saturated carbocycles. The second-order valence-corrected chi connectivity index (χ2v) is 6.00. The number of hydrogen-bond acceptors (Lipinski definition) is 6. The largest absolute Gasteiger partial charge is 0.475 e. The maximum Gasteiger partial charge on any atom is 0.227 e. The van der Waals surface area contributed by atoms with Crippen molar-refractivity contribution in [2.24, 2.45) is 0 Å². The lowest BCUT2D eigenvalue weighted by atomic mass is 10.1. The van der Waals surface area contributed by atoms with Crippen LogP contribution in [0.4, 0.5) is 5.82 Å². The van der Waals surface area contributed by atoms with Gasteiger partial charge >= 0.3 is 0 Å². The fraction of sp³-hybridized carbons (Fsp3) is 0.588. The van der Waals surface area contributed by atoms with Crippen molar-refractivity contribution >= 4 is 16.7 Å². The average molecular weight is 318 g/mol. The van der Waals surface area contributed by atoms with Crippen LogP contribution in [0.2, 0.25) is 0 Å². The van der Waals surface area contributed by atoms with E-state index in [1.807, 2.05) is 0 Å². The Labute approximate surface area is 137 Å². The van der Waals surface area contributed by atoms with Crippen molar-refractivity contribution in [3.05, 3.63) is 17.6 Å². The van der Waals surface area contributed by atoms with Crippen molar-refractivity contribution in [2.75, 3.05) is 25.7 Å².